The van der Waals surface area contributed by atoms with E-state index < -0.39 is 29.6 Å². The van der Waals surface area contributed by atoms with E-state index in [2.05, 4.69) is 4.99 Å². The van der Waals surface area contributed by atoms with Crippen LogP contribution in [-0.4, -0.2) is 30.9 Å². The van der Waals surface area contributed by atoms with Crippen molar-refractivity contribution in [1.29, 1.82) is 0 Å². The minimum absolute atomic E-state index is 0.00559. The number of carbonyl (C=O) groups is 1. The molecule has 2 rings (SSSR count). The minimum atomic E-state index is -5.32. The fraction of sp³-hybridized carbons (Fsp3) is 0.429. The second kappa shape index (κ2) is 6.25. The molecule has 0 aliphatic carbocycles. The van der Waals surface area contributed by atoms with Crippen LogP contribution >= 0.6 is 0 Å². The van der Waals surface area contributed by atoms with Gasteiger partial charge >= 0.3 is 6.18 Å². The Morgan fingerprint density at radius 2 is 2.12 bits per heavy atom. The SMILES string of the molecule is C[C@]1(c2cc(NC(=O)C(F)C(F)(F)F)ccc2F)CCOC(N)=N1. The van der Waals surface area contributed by atoms with Crippen LogP contribution in [0.3, 0.4) is 0 Å². The molecular weight excluding hydrogens is 337 g/mol. The molecule has 24 heavy (non-hydrogen) atoms. The van der Waals surface area contributed by atoms with E-state index in [4.69, 9.17) is 10.5 Å². The molecule has 1 aromatic rings. The summed E-state index contributed by atoms with van der Waals surface area (Å²) in [6.07, 6.45) is -8.74. The van der Waals surface area contributed by atoms with Crippen LogP contribution in [0.4, 0.5) is 27.6 Å². The molecule has 5 nitrogen and oxygen atoms in total. The number of nitrogens with two attached hydrogens (primary N) is 1. The van der Waals surface area contributed by atoms with Crippen LogP contribution in [0.2, 0.25) is 0 Å². The number of benzene rings is 1. The number of hydrogen-bond acceptors (Lipinski definition) is 4. The number of alkyl halides is 4. The number of amidine groups is 1. The smallest absolute Gasteiger partial charge is 0.428 e. The lowest BCUT2D eigenvalue weighted by Crippen LogP contribution is -2.37. The summed E-state index contributed by atoms with van der Waals surface area (Å²) in [4.78, 5) is 15.3. The monoisotopic (exact) mass is 351 g/mol. The van der Waals surface area contributed by atoms with Crippen molar-refractivity contribution in [3.8, 4) is 0 Å². The third-order valence-electron chi connectivity index (χ3n) is 3.53. The summed E-state index contributed by atoms with van der Waals surface area (Å²) in [6, 6.07) is 2.91. The van der Waals surface area contributed by atoms with Crippen molar-refractivity contribution in [2.75, 3.05) is 11.9 Å². The summed E-state index contributed by atoms with van der Waals surface area (Å²) in [6.45, 7) is 1.72. The number of rotatable bonds is 3. The molecule has 1 aliphatic heterocycles. The first kappa shape index (κ1) is 18.0. The molecule has 132 valence electrons. The van der Waals surface area contributed by atoms with Gasteiger partial charge in [-0.1, -0.05) is 0 Å². The first-order valence-electron chi connectivity index (χ1n) is 6.83. The summed E-state index contributed by atoms with van der Waals surface area (Å²) in [5.74, 6) is -2.58. The molecule has 1 aliphatic rings. The number of halogens is 5. The number of aliphatic imine (C=N–C) groups is 1. The molecule has 0 saturated heterocycles. The average molecular weight is 351 g/mol. The van der Waals surface area contributed by atoms with Crippen LogP contribution in [0.5, 0.6) is 0 Å². The summed E-state index contributed by atoms with van der Waals surface area (Å²) in [7, 11) is 0. The van der Waals surface area contributed by atoms with E-state index in [-0.39, 0.29) is 30.3 Å². The number of nitrogens with zero attached hydrogens (tertiary/aromatic N) is 1. The molecule has 1 aromatic carbocycles. The number of amides is 1. The van der Waals surface area contributed by atoms with E-state index >= 15 is 0 Å². The highest BCUT2D eigenvalue weighted by Gasteiger charge is 2.45. The Morgan fingerprint density at radius 1 is 1.46 bits per heavy atom. The van der Waals surface area contributed by atoms with Crippen molar-refractivity contribution in [2.24, 2.45) is 10.7 Å². The molecule has 1 heterocycles. The Kier molecular flexibility index (Phi) is 4.68. The van der Waals surface area contributed by atoms with Gasteiger partial charge in [-0.2, -0.15) is 13.2 Å². The molecule has 3 N–H and O–H groups in total. The van der Waals surface area contributed by atoms with Crippen LogP contribution in [-0.2, 0) is 15.1 Å². The molecule has 0 aromatic heterocycles. The van der Waals surface area contributed by atoms with Gasteiger partial charge in [0, 0.05) is 17.7 Å². The third kappa shape index (κ3) is 3.74. The number of hydrogen-bond donors (Lipinski definition) is 2. The van der Waals surface area contributed by atoms with Gasteiger partial charge in [0.25, 0.3) is 18.1 Å². The Bertz CT molecular complexity index is 677. The third-order valence-corrected chi connectivity index (χ3v) is 3.53. The van der Waals surface area contributed by atoms with Gasteiger partial charge in [-0.05, 0) is 25.1 Å². The van der Waals surface area contributed by atoms with Crippen molar-refractivity contribution in [3.63, 3.8) is 0 Å². The zero-order valence-electron chi connectivity index (χ0n) is 12.5. The summed E-state index contributed by atoms with van der Waals surface area (Å²) >= 11 is 0. The standard InChI is InChI=1S/C14H14F5N3O2/c1-13(4-5-24-12(20)22-13)8-6-7(2-3-9(8)15)21-11(23)10(16)14(17,18)19/h2-3,6,10H,4-5H2,1H3,(H2,20,22)(H,21,23)/t10?,13-/m1/s1. The first-order chi connectivity index (χ1) is 11.0. The van der Waals surface area contributed by atoms with E-state index in [0.29, 0.717) is 0 Å². The zero-order chi connectivity index (χ0) is 18.1. The van der Waals surface area contributed by atoms with Crippen molar-refractivity contribution in [3.05, 3.63) is 29.6 Å². The zero-order valence-corrected chi connectivity index (χ0v) is 12.5. The second-order valence-electron chi connectivity index (χ2n) is 5.41. The van der Waals surface area contributed by atoms with Crippen molar-refractivity contribution in [2.45, 2.75) is 31.2 Å². The Balaban J connectivity index is 2.30. The predicted molar refractivity (Wildman–Crippen MR) is 75.5 cm³/mol. The van der Waals surface area contributed by atoms with E-state index in [1.807, 2.05) is 0 Å². The largest absolute Gasteiger partial charge is 0.465 e. The number of carbonyl (C=O) groups excluding carboxylic acids is 1. The number of ether oxygens (including phenoxy) is 1. The highest BCUT2D eigenvalue weighted by molar-refractivity contribution is 5.94. The lowest BCUT2D eigenvalue weighted by Gasteiger charge is -2.30. The van der Waals surface area contributed by atoms with Crippen molar-refractivity contribution >= 4 is 17.6 Å². The summed E-state index contributed by atoms with van der Waals surface area (Å²) < 4.78 is 68.6. The van der Waals surface area contributed by atoms with Crippen LogP contribution in [0, 0.1) is 5.82 Å². The minimum Gasteiger partial charge on any atom is -0.465 e. The topological polar surface area (TPSA) is 76.7 Å². The summed E-state index contributed by atoms with van der Waals surface area (Å²) in [5.41, 5.74) is 4.15. The lowest BCUT2D eigenvalue weighted by molar-refractivity contribution is -0.183. The molecule has 0 spiro atoms. The molecule has 1 amide bonds. The van der Waals surface area contributed by atoms with Crippen LogP contribution in [0.25, 0.3) is 0 Å². The molecule has 0 bridgehead atoms. The van der Waals surface area contributed by atoms with Gasteiger partial charge in [-0.15, -0.1) is 0 Å². The lowest BCUT2D eigenvalue weighted by atomic mass is 9.88. The molecular formula is C14H14F5N3O2. The van der Waals surface area contributed by atoms with Crippen molar-refractivity contribution in [1.82, 2.24) is 0 Å². The normalized spacial score (nSPS) is 22.3. The average Bonchev–Trinajstić information content (AvgIpc) is 2.47. The van der Waals surface area contributed by atoms with E-state index in [0.717, 1.165) is 18.2 Å². The van der Waals surface area contributed by atoms with Gasteiger partial charge in [-0.3, -0.25) is 4.79 Å². The van der Waals surface area contributed by atoms with Gasteiger partial charge < -0.3 is 15.8 Å². The molecule has 0 radical (unpaired) electrons. The molecule has 2 atom stereocenters. The summed E-state index contributed by atoms with van der Waals surface area (Å²) in [5, 5.41) is 1.77. The highest BCUT2D eigenvalue weighted by Crippen LogP contribution is 2.35. The molecule has 1 unspecified atom stereocenters. The number of anilines is 1. The van der Waals surface area contributed by atoms with Crippen molar-refractivity contribution < 1.29 is 31.5 Å². The van der Waals surface area contributed by atoms with Gasteiger partial charge in [0.15, 0.2) is 0 Å². The maximum absolute atomic E-state index is 14.1. The van der Waals surface area contributed by atoms with Crippen LogP contribution in [0.15, 0.2) is 23.2 Å². The van der Waals surface area contributed by atoms with E-state index in [1.54, 1.807) is 12.2 Å². The predicted octanol–water partition coefficient (Wildman–Crippen LogP) is 2.61. The fourth-order valence-corrected chi connectivity index (χ4v) is 2.25. The highest BCUT2D eigenvalue weighted by atomic mass is 19.4. The number of nitrogens with one attached hydrogen (secondary N) is 1. The first-order valence-corrected chi connectivity index (χ1v) is 6.83. The Morgan fingerprint density at radius 3 is 2.71 bits per heavy atom. The molecule has 0 fully saturated rings. The molecule has 0 saturated carbocycles. The second-order valence-corrected chi connectivity index (χ2v) is 5.41. The Labute approximate surface area is 133 Å². The fourth-order valence-electron chi connectivity index (χ4n) is 2.25. The molecule has 10 heteroatoms. The van der Waals surface area contributed by atoms with Gasteiger partial charge in [0.05, 0.1) is 12.1 Å². The maximum Gasteiger partial charge on any atom is 0.428 e. The van der Waals surface area contributed by atoms with E-state index in [1.165, 1.54) is 0 Å². The van der Waals surface area contributed by atoms with Gasteiger partial charge in [0.2, 0.25) is 0 Å². The van der Waals surface area contributed by atoms with Crippen LogP contribution < -0.4 is 11.1 Å². The van der Waals surface area contributed by atoms with E-state index in [9.17, 15) is 26.7 Å². The van der Waals surface area contributed by atoms with Gasteiger partial charge in [-0.25, -0.2) is 13.8 Å². The van der Waals surface area contributed by atoms with Crippen LogP contribution in [0.1, 0.15) is 18.9 Å². The van der Waals surface area contributed by atoms with Gasteiger partial charge in [0.1, 0.15) is 5.82 Å². The maximum atomic E-state index is 14.1. The Hall–Kier alpha value is -2.39. The quantitative estimate of drug-likeness (QED) is 0.822.